The monoisotopic (exact) mass is 275 g/mol. The highest BCUT2D eigenvalue weighted by Crippen LogP contribution is 2.05. The Bertz CT molecular complexity index is 370. The fourth-order valence-electron chi connectivity index (χ4n) is 1.13. The summed E-state index contributed by atoms with van der Waals surface area (Å²) in [5, 5.41) is 18.7. The lowest BCUT2D eigenvalue weighted by molar-refractivity contribution is -0.141. The van der Waals surface area contributed by atoms with Crippen molar-refractivity contribution in [3.8, 4) is 0 Å². The van der Waals surface area contributed by atoms with Gasteiger partial charge in [-0.1, -0.05) is 6.92 Å². The molecule has 1 unspecified atom stereocenters. The van der Waals surface area contributed by atoms with Gasteiger partial charge in [0.1, 0.15) is 6.04 Å². The minimum absolute atomic E-state index is 0.0755. The maximum Gasteiger partial charge on any atom is 0.321 e. The first kappa shape index (κ1) is 17.0. The second kappa shape index (κ2) is 8.16. The molecule has 0 saturated heterocycles. The lowest BCUT2D eigenvalue weighted by Crippen LogP contribution is -2.41. The van der Waals surface area contributed by atoms with E-state index in [0.29, 0.717) is 0 Å². The molecule has 0 fully saturated rings. The van der Waals surface area contributed by atoms with Crippen LogP contribution in [0.3, 0.4) is 0 Å². The average Bonchev–Trinajstić information content (AvgIpc) is 2.34. The smallest absolute Gasteiger partial charge is 0.321 e. The van der Waals surface area contributed by atoms with Crippen LogP contribution in [0.15, 0.2) is 0 Å². The fraction of sp³-hybridized carbons (Fsp3) is 0.600. The van der Waals surface area contributed by atoms with Crippen molar-refractivity contribution in [2.45, 2.75) is 32.2 Å². The largest absolute Gasteiger partial charge is 0.480 e. The molecule has 0 aliphatic rings. The number of hydrogen-bond donors (Lipinski definition) is 5. The second-order valence-electron chi connectivity index (χ2n) is 4.04. The molecule has 0 spiro atoms. The van der Waals surface area contributed by atoms with Crippen LogP contribution in [0.25, 0.3) is 0 Å². The summed E-state index contributed by atoms with van der Waals surface area (Å²) in [6.45, 7) is 1.49. The summed E-state index contributed by atoms with van der Waals surface area (Å²) in [5.41, 5.74) is 6.55. The quantitative estimate of drug-likeness (QED) is 0.275. The Morgan fingerprint density at radius 1 is 1.21 bits per heavy atom. The summed E-state index contributed by atoms with van der Waals surface area (Å²) in [6.07, 6.45) is -0.449. The first-order chi connectivity index (χ1) is 8.77. The summed E-state index contributed by atoms with van der Waals surface area (Å²) in [5.74, 6) is -4.04. The third-order valence-corrected chi connectivity index (χ3v) is 2.36. The summed E-state index contributed by atoms with van der Waals surface area (Å²) in [6, 6.07) is -1.37. The summed E-state index contributed by atoms with van der Waals surface area (Å²) in [7, 11) is 0. The van der Waals surface area contributed by atoms with Crippen LogP contribution in [-0.4, -0.2) is 40.0 Å². The fourth-order valence-corrected chi connectivity index (χ4v) is 1.13. The molecule has 19 heavy (non-hydrogen) atoms. The molecule has 0 radical (unpaired) electrons. The van der Waals surface area contributed by atoms with E-state index in [1.54, 1.807) is 0 Å². The zero-order valence-electron chi connectivity index (χ0n) is 10.4. The molecule has 3 amide bonds. The highest BCUT2D eigenvalue weighted by atomic mass is 16.5. The number of carboxylic acid groups (broad SMARTS) is 1. The molecule has 0 bridgehead atoms. The van der Waals surface area contributed by atoms with Crippen LogP contribution in [0, 0.1) is 5.92 Å². The van der Waals surface area contributed by atoms with Crippen molar-refractivity contribution in [2.75, 3.05) is 0 Å². The van der Waals surface area contributed by atoms with Gasteiger partial charge in [0.15, 0.2) is 0 Å². The van der Waals surface area contributed by atoms with Gasteiger partial charge in [-0.15, -0.1) is 0 Å². The summed E-state index contributed by atoms with van der Waals surface area (Å²) < 4.78 is 0. The molecule has 6 N–H and O–H groups in total. The van der Waals surface area contributed by atoms with Gasteiger partial charge in [-0.05, 0) is 6.42 Å². The van der Waals surface area contributed by atoms with E-state index >= 15 is 0 Å². The standard InChI is InChI=1S/C10H17N3O6/c1-5(2-3-7(14)13-19)9(16)12-8(15)4-6(11)10(17)18/h5-6,19H,2-4,11H2,1H3,(H,13,14)(H,17,18)(H,12,15,16)/t5?,6-/m0/s1. The van der Waals surface area contributed by atoms with E-state index in [1.165, 1.54) is 12.4 Å². The van der Waals surface area contributed by atoms with Crippen LogP contribution in [0.5, 0.6) is 0 Å². The number of imide groups is 1. The van der Waals surface area contributed by atoms with E-state index < -0.39 is 42.1 Å². The Labute approximate surface area is 109 Å². The lowest BCUT2D eigenvalue weighted by Gasteiger charge is -2.11. The van der Waals surface area contributed by atoms with Crippen molar-refractivity contribution >= 4 is 23.7 Å². The third kappa shape index (κ3) is 7.11. The minimum Gasteiger partial charge on any atom is -0.480 e. The molecule has 0 aromatic heterocycles. The highest BCUT2D eigenvalue weighted by Gasteiger charge is 2.20. The van der Waals surface area contributed by atoms with Crippen molar-refractivity contribution in [1.82, 2.24) is 10.8 Å². The van der Waals surface area contributed by atoms with E-state index in [4.69, 9.17) is 16.0 Å². The van der Waals surface area contributed by atoms with Crippen molar-refractivity contribution < 1.29 is 29.5 Å². The number of carbonyl (C=O) groups excluding carboxylic acids is 3. The number of carboxylic acids is 1. The molecule has 0 aliphatic carbocycles. The molecule has 0 aromatic carbocycles. The van der Waals surface area contributed by atoms with E-state index in [0.717, 1.165) is 0 Å². The van der Waals surface area contributed by atoms with Gasteiger partial charge in [0.2, 0.25) is 17.7 Å². The van der Waals surface area contributed by atoms with Crippen molar-refractivity contribution in [3.63, 3.8) is 0 Å². The first-order valence-electron chi connectivity index (χ1n) is 5.53. The summed E-state index contributed by atoms with van der Waals surface area (Å²) >= 11 is 0. The number of hydroxylamine groups is 1. The topological polar surface area (TPSA) is 159 Å². The number of nitrogens with two attached hydrogens (primary N) is 1. The number of nitrogens with one attached hydrogen (secondary N) is 2. The third-order valence-electron chi connectivity index (χ3n) is 2.36. The second-order valence-corrected chi connectivity index (χ2v) is 4.04. The zero-order valence-corrected chi connectivity index (χ0v) is 10.4. The Kier molecular flexibility index (Phi) is 7.30. The van der Waals surface area contributed by atoms with E-state index in [-0.39, 0.29) is 12.8 Å². The van der Waals surface area contributed by atoms with Gasteiger partial charge < -0.3 is 10.8 Å². The highest BCUT2D eigenvalue weighted by molar-refractivity contribution is 5.97. The van der Waals surface area contributed by atoms with Crippen molar-refractivity contribution in [1.29, 1.82) is 0 Å². The maximum absolute atomic E-state index is 11.5. The van der Waals surface area contributed by atoms with Gasteiger partial charge in [0, 0.05) is 12.3 Å². The normalized spacial score (nSPS) is 13.2. The van der Waals surface area contributed by atoms with Crippen LogP contribution in [0.1, 0.15) is 26.2 Å². The predicted octanol–water partition coefficient (Wildman–Crippen LogP) is -1.65. The van der Waals surface area contributed by atoms with E-state index in [9.17, 15) is 19.2 Å². The molecule has 2 atom stereocenters. The average molecular weight is 275 g/mol. The molecular weight excluding hydrogens is 258 g/mol. The molecule has 0 saturated carbocycles. The van der Waals surface area contributed by atoms with Gasteiger partial charge in [-0.25, -0.2) is 5.48 Å². The van der Waals surface area contributed by atoms with Gasteiger partial charge in [-0.2, -0.15) is 0 Å². The maximum atomic E-state index is 11.5. The van der Waals surface area contributed by atoms with Gasteiger partial charge in [0.05, 0.1) is 6.42 Å². The van der Waals surface area contributed by atoms with Crippen molar-refractivity contribution in [3.05, 3.63) is 0 Å². The first-order valence-corrected chi connectivity index (χ1v) is 5.53. The van der Waals surface area contributed by atoms with Crippen LogP contribution in [-0.2, 0) is 19.2 Å². The van der Waals surface area contributed by atoms with Crippen LogP contribution < -0.4 is 16.5 Å². The Hall–Kier alpha value is -2.00. The van der Waals surface area contributed by atoms with E-state index in [1.807, 2.05) is 5.32 Å². The van der Waals surface area contributed by atoms with Crippen molar-refractivity contribution in [2.24, 2.45) is 11.7 Å². The van der Waals surface area contributed by atoms with Gasteiger partial charge >= 0.3 is 5.97 Å². The predicted molar refractivity (Wildman–Crippen MR) is 61.7 cm³/mol. The molecule has 0 aliphatic heterocycles. The number of rotatable bonds is 7. The van der Waals surface area contributed by atoms with Crippen LogP contribution in [0.4, 0.5) is 0 Å². The van der Waals surface area contributed by atoms with Gasteiger partial charge in [-0.3, -0.25) is 29.7 Å². The molecule has 0 rings (SSSR count). The van der Waals surface area contributed by atoms with Gasteiger partial charge in [0.25, 0.3) is 0 Å². The van der Waals surface area contributed by atoms with Crippen LogP contribution >= 0.6 is 0 Å². The summed E-state index contributed by atoms with van der Waals surface area (Å²) in [4.78, 5) is 43.9. The number of hydrogen-bond acceptors (Lipinski definition) is 6. The Balaban J connectivity index is 4.11. The number of aliphatic carboxylic acids is 1. The molecule has 108 valence electrons. The lowest BCUT2D eigenvalue weighted by atomic mass is 10.0. The number of amides is 3. The minimum atomic E-state index is -1.37. The SMILES string of the molecule is CC(CCC(=O)NO)C(=O)NC(=O)C[C@H](N)C(=O)O. The Morgan fingerprint density at radius 3 is 2.26 bits per heavy atom. The Morgan fingerprint density at radius 2 is 1.79 bits per heavy atom. The zero-order chi connectivity index (χ0) is 15.0. The molecule has 9 heteroatoms. The molecule has 9 nitrogen and oxygen atoms in total. The molecular formula is C10H17N3O6. The molecule has 0 aromatic rings. The van der Waals surface area contributed by atoms with Crippen LogP contribution in [0.2, 0.25) is 0 Å². The number of carbonyl (C=O) groups is 4. The molecule has 0 heterocycles. The van der Waals surface area contributed by atoms with E-state index in [2.05, 4.69) is 0 Å².